The molecule has 1 unspecified atom stereocenters. The third-order valence-corrected chi connectivity index (χ3v) is 3.83. The summed E-state index contributed by atoms with van der Waals surface area (Å²) in [6.07, 6.45) is 0. The van der Waals surface area contributed by atoms with Gasteiger partial charge in [0.25, 0.3) is 0 Å². The van der Waals surface area contributed by atoms with Gasteiger partial charge in [-0.1, -0.05) is 12.1 Å². The fourth-order valence-corrected chi connectivity index (χ4v) is 2.87. The maximum atomic E-state index is 11.2. The molecule has 0 bridgehead atoms. The molecule has 0 aliphatic rings. The number of quaternary nitrogens is 1. The van der Waals surface area contributed by atoms with Gasteiger partial charge in [-0.3, -0.25) is 0 Å². The molecule has 2 aromatic rings. The van der Waals surface area contributed by atoms with E-state index in [2.05, 4.69) is 5.73 Å². The largest absolute Gasteiger partial charge is 0.351 e. The van der Waals surface area contributed by atoms with Crippen LogP contribution in [0.2, 0.25) is 0 Å². The van der Waals surface area contributed by atoms with E-state index in [0.29, 0.717) is 21.4 Å². The van der Waals surface area contributed by atoms with E-state index < -0.39 is 22.5 Å². The molecule has 0 amide bonds. The SMILES string of the molecule is [NH3+]c1cc(S(=O)O)c2cccc([S+](O)O)c2c1. The van der Waals surface area contributed by atoms with Crippen molar-refractivity contribution in [3.63, 3.8) is 0 Å². The van der Waals surface area contributed by atoms with E-state index in [1.807, 2.05) is 0 Å². The predicted octanol–water partition coefficient (Wildman–Crippen LogP) is 1.22. The second-order valence-electron chi connectivity index (χ2n) is 3.46. The highest BCUT2D eigenvalue weighted by atomic mass is 32.2. The standard InChI is InChI=1S/C10H9NO4S2/c11-6-4-8-7(10(5-6)17(14)15)2-1-3-9(8)16(12)13/h1-5,12-13H,11H2/p+2. The van der Waals surface area contributed by atoms with Crippen LogP contribution >= 0.6 is 0 Å². The second kappa shape index (κ2) is 4.73. The Morgan fingerprint density at radius 1 is 1.18 bits per heavy atom. The van der Waals surface area contributed by atoms with E-state index in [-0.39, 0.29) is 4.90 Å². The molecule has 0 aromatic heterocycles. The van der Waals surface area contributed by atoms with Crippen molar-refractivity contribution >= 4 is 39.0 Å². The van der Waals surface area contributed by atoms with Crippen LogP contribution in [0.3, 0.4) is 0 Å². The molecule has 7 heteroatoms. The van der Waals surface area contributed by atoms with Gasteiger partial charge in [0.05, 0.1) is 10.3 Å². The topological polar surface area (TPSA) is 105 Å². The van der Waals surface area contributed by atoms with Crippen LogP contribution in [0.4, 0.5) is 5.69 Å². The first-order valence-electron chi connectivity index (χ1n) is 4.62. The van der Waals surface area contributed by atoms with E-state index in [4.69, 9.17) is 0 Å². The minimum atomic E-state index is -2.14. The molecule has 0 saturated heterocycles. The first-order valence-corrected chi connectivity index (χ1v) is 6.87. The molecular formula is C10H11NO4S2+2. The molecule has 6 N–H and O–H groups in total. The maximum Gasteiger partial charge on any atom is 0.351 e. The Morgan fingerprint density at radius 3 is 2.47 bits per heavy atom. The number of hydrogen-bond donors (Lipinski definition) is 4. The Hall–Kier alpha value is -0.960. The normalized spacial score (nSPS) is 13.2. The van der Waals surface area contributed by atoms with Crippen LogP contribution in [0.25, 0.3) is 10.8 Å². The van der Waals surface area contributed by atoms with Gasteiger partial charge in [-0.25, -0.2) is 4.21 Å². The summed E-state index contributed by atoms with van der Waals surface area (Å²) in [7, 11) is 0. The van der Waals surface area contributed by atoms with E-state index in [9.17, 15) is 17.9 Å². The lowest BCUT2D eigenvalue weighted by Gasteiger charge is -2.04. The van der Waals surface area contributed by atoms with Crippen molar-refractivity contribution in [1.29, 1.82) is 0 Å². The average Bonchev–Trinajstić information content (AvgIpc) is 2.26. The quantitative estimate of drug-likeness (QED) is 0.487. The van der Waals surface area contributed by atoms with Gasteiger partial charge in [-0.15, -0.1) is 0 Å². The molecule has 17 heavy (non-hydrogen) atoms. The molecular weight excluding hydrogens is 262 g/mol. The Labute approximate surface area is 103 Å². The van der Waals surface area contributed by atoms with Crippen LogP contribution in [0, 0.1) is 0 Å². The molecule has 5 nitrogen and oxygen atoms in total. The second-order valence-corrected chi connectivity index (χ2v) is 5.37. The molecule has 0 fully saturated rings. The lowest BCUT2D eigenvalue weighted by Crippen LogP contribution is -2.40. The van der Waals surface area contributed by atoms with Crippen LogP contribution in [-0.2, 0) is 22.5 Å². The molecule has 0 spiro atoms. The van der Waals surface area contributed by atoms with Gasteiger partial charge in [0.1, 0.15) is 5.69 Å². The van der Waals surface area contributed by atoms with Gasteiger partial charge in [-0.2, -0.15) is 9.11 Å². The summed E-state index contributed by atoms with van der Waals surface area (Å²) in [5, 5.41) is 1.06. The Balaban J connectivity index is 2.88. The summed E-state index contributed by atoms with van der Waals surface area (Å²) in [5.41, 5.74) is 4.26. The molecule has 0 aliphatic carbocycles. The summed E-state index contributed by atoms with van der Waals surface area (Å²) < 4.78 is 38.9. The number of benzene rings is 2. The van der Waals surface area contributed by atoms with Crippen LogP contribution in [-0.4, -0.2) is 17.9 Å². The molecule has 90 valence electrons. The van der Waals surface area contributed by atoms with Crippen molar-refractivity contribution in [3.05, 3.63) is 30.3 Å². The van der Waals surface area contributed by atoms with Gasteiger partial charge in [0.15, 0.2) is 11.1 Å². The summed E-state index contributed by atoms with van der Waals surface area (Å²) >= 11 is -4.03. The highest BCUT2D eigenvalue weighted by molar-refractivity contribution is 7.86. The summed E-state index contributed by atoms with van der Waals surface area (Å²) in [5.74, 6) is 0. The van der Waals surface area contributed by atoms with Crippen LogP contribution in [0.5, 0.6) is 0 Å². The highest BCUT2D eigenvalue weighted by Gasteiger charge is 2.23. The average molecular weight is 273 g/mol. The molecule has 0 radical (unpaired) electrons. The molecule has 1 atom stereocenters. The van der Waals surface area contributed by atoms with Gasteiger partial charge in [-0.05, 0) is 0 Å². The number of hydrogen-bond acceptors (Lipinski definition) is 3. The van der Waals surface area contributed by atoms with Gasteiger partial charge < -0.3 is 10.3 Å². The molecule has 0 heterocycles. The van der Waals surface area contributed by atoms with Crippen LogP contribution in [0.1, 0.15) is 0 Å². The van der Waals surface area contributed by atoms with Crippen molar-refractivity contribution in [1.82, 2.24) is 0 Å². The van der Waals surface area contributed by atoms with Crippen molar-refractivity contribution in [2.75, 3.05) is 0 Å². The van der Waals surface area contributed by atoms with Crippen molar-refractivity contribution < 1.29 is 23.6 Å². The fraction of sp³-hybridized carbons (Fsp3) is 0. The Kier molecular flexibility index (Phi) is 3.48. The molecule has 0 saturated carbocycles. The zero-order valence-corrected chi connectivity index (χ0v) is 10.3. The van der Waals surface area contributed by atoms with Crippen molar-refractivity contribution in [2.24, 2.45) is 0 Å². The van der Waals surface area contributed by atoms with E-state index in [1.54, 1.807) is 24.3 Å². The number of rotatable bonds is 2. The molecule has 2 rings (SSSR count). The van der Waals surface area contributed by atoms with E-state index in [0.717, 1.165) is 0 Å². The fourth-order valence-electron chi connectivity index (χ4n) is 1.68. The molecule has 2 aromatic carbocycles. The first-order chi connectivity index (χ1) is 8.00. The van der Waals surface area contributed by atoms with Crippen LogP contribution < -0.4 is 5.73 Å². The maximum absolute atomic E-state index is 11.2. The monoisotopic (exact) mass is 273 g/mol. The van der Waals surface area contributed by atoms with Gasteiger partial charge in [0.2, 0.25) is 4.90 Å². The smallest absolute Gasteiger partial charge is 0.325 e. The first kappa shape index (κ1) is 12.5. The van der Waals surface area contributed by atoms with Crippen LogP contribution in [0.15, 0.2) is 40.1 Å². The highest BCUT2D eigenvalue weighted by Crippen LogP contribution is 2.29. The minimum Gasteiger partial charge on any atom is -0.325 e. The number of fused-ring (bicyclic) bond motifs is 1. The third-order valence-electron chi connectivity index (χ3n) is 2.36. The lowest BCUT2D eigenvalue weighted by atomic mass is 10.1. The Bertz CT molecular complexity index is 600. The zero-order valence-electron chi connectivity index (χ0n) is 8.66. The minimum absolute atomic E-state index is 0.222. The summed E-state index contributed by atoms with van der Waals surface area (Å²) in [6, 6.07) is 8.01. The predicted molar refractivity (Wildman–Crippen MR) is 66.4 cm³/mol. The summed E-state index contributed by atoms with van der Waals surface area (Å²) in [4.78, 5) is 0.541. The van der Waals surface area contributed by atoms with Gasteiger partial charge in [0, 0.05) is 23.6 Å². The Morgan fingerprint density at radius 2 is 1.88 bits per heavy atom. The van der Waals surface area contributed by atoms with E-state index in [1.165, 1.54) is 6.07 Å². The van der Waals surface area contributed by atoms with E-state index >= 15 is 0 Å². The molecule has 0 aliphatic heterocycles. The zero-order chi connectivity index (χ0) is 12.6. The van der Waals surface area contributed by atoms with Gasteiger partial charge >= 0.3 is 11.5 Å². The lowest BCUT2D eigenvalue weighted by molar-refractivity contribution is -0.254. The van der Waals surface area contributed by atoms with Crippen molar-refractivity contribution in [2.45, 2.75) is 9.79 Å². The third kappa shape index (κ3) is 2.34. The van der Waals surface area contributed by atoms with Crippen molar-refractivity contribution in [3.8, 4) is 0 Å². The summed E-state index contributed by atoms with van der Waals surface area (Å²) in [6.45, 7) is 0.